The fourth-order valence-corrected chi connectivity index (χ4v) is 3.69. The first kappa shape index (κ1) is 19.2. The Balaban J connectivity index is 1.58. The second kappa shape index (κ2) is 8.08. The Kier molecular flexibility index (Phi) is 5.35. The summed E-state index contributed by atoms with van der Waals surface area (Å²) in [4.78, 5) is 24.7. The van der Waals surface area contributed by atoms with Crippen LogP contribution in [0, 0.1) is 6.92 Å². The summed E-state index contributed by atoms with van der Waals surface area (Å²) < 4.78 is 4.66. The molecule has 0 atom stereocenters. The van der Waals surface area contributed by atoms with E-state index >= 15 is 0 Å². The molecule has 0 amide bonds. The first-order valence-corrected chi connectivity index (χ1v) is 9.66. The first-order chi connectivity index (χ1) is 14.1. The van der Waals surface area contributed by atoms with E-state index in [1.54, 1.807) is 6.08 Å². The van der Waals surface area contributed by atoms with Gasteiger partial charge in [0.25, 0.3) is 0 Å². The lowest BCUT2D eigenvalue weighted by Crippen LogP contribution is -2.47. The number of carbonyl (C=O) groups excluding carboxylic acids is 1. The minimum atomic E-state index is -0.434. The SMILES string of the molecule is COC(=O)C=Cc1[nH]nc2ncnc(N3CCN(c4cc(Cl)ccc4C)CC3)c12. The first-order valence-electron chi connectivity index (χ1n) is 9.28. The van der Waals surface area contributed by atoms with E-state index < -0.39 is 5.97 Å². The van der Waals surface area contributed by atoms with E-state index in [4.69, 9.17) is 11.6 Å². The highest BCUT2D eigenvalue weighted by Crippen LogP contribution is 2.29. The van der Waals surface area contributed by atoms with Crippen LogP contribution in [0.5, 0.6) is 0 Å². The number of aryl methyl sites for hydroxylation is 1. The second-order valence-electron chi connectivity index (χ2n) is 6.79. The number of rotatable bonds is 4. The zero-order chi connectivity index (χ0) is 20.4. The molecule has 2 aromatic heterocycles. The Hall–Kier alpha value is -3.13. The zero-order valence-electron chi connectivity index (χ0n) is 16.2. The lowest BCUT2D eigenvalue weighted by molar-refractivity contribution is -0.134. The van der Waals surface area contributed by atoms with Gasteiger partial charge in [-0.1, -0.05) is 17.7 Å². The maximum atomic E-state index is 11.5. The van der Waals surface area contributed by atoms with Gasteiger partial charge in [0.1, 0.15) is 12.1 Å². The summed E-state index contributed by atoms with van der Waals surface area (Å²) in [5, 5.41) is 8.69. The van der Waals surface area contributed by atoms with Crippen molar-refractivity contribution in [3.8, 4) is 0 Å². The number of hydrogen-bond donors (Lipinski definition) is 1. The number of methoxy groups -OCH3 is 1. The molecule has 0 spiro atoms. The maximum Gasteiger partial charge on any atom is 0.330 e. The molecule has 1 saturated heterocycles. The summed E-state index contributed by atoms with van der Waals surface area (Å²) in [7, 11) is 1.34. The summed E-state index contributed by atoms with van der Waals surface area (Å²) in [6.45, 7) is 5.37. The molecule has 9 heteroatoms. The van der Waals surface area contributed by atoms with Crippen LogP contribution in [0.4, 0.5) is 11.5 Å². The summed E-state index contributed by atoms with van der Waals surface area (Å²) in [6.07, 6.45) is 4.50. The number of nitrogens with zero attached hydrogens (tertiary/aromatic N) is 5. The predicted molar refractivity (Wildman–Crippen MR) is 113 cm³/mol. The van der Waals surface area contributed by atoms with E-state index in [9.17, 15) is 4.79 Å². The van der Waals surface area contributed by atoms with Crippen molar-refractivity contribution in [2.24, 2.45) is 0 Å². The number of aromatic nitrogens is 4. The highest BCUT2D eigenvalue weighted by molar-refractivity contribution is 6.30. The van der Waals surface area contributed by atoms with Gasteiger partial charge in [-0.2, -0.15) is 5.10 Å². The number of benzene rings is 1. The number of carbonyl (C=O) groups is 1. The van der Waals surface area contributed by atoms with E-state index in [0.29, 0.717) is 11.3 Å². The number of H-pyrrole nitrogens is 1. The molecule has 0 bridgehead atoms. The van der Waals surface area contributed by atoms with Gasteiger partial charge in [-0.25, -0.2) is 14.8 Å². The van der Waals surface area contributed by atoms with Gasteiger partial charge in [0, 0.05) is 43.0 Å². The molecule has 1 aliphatic heterocycles. The van der Waals surface area contributed by atoms with Crippen LogP contribution < -0.4 is 9.80 Å². The standard InChI is InChI=1S/C20H21ClN6O2/c1-13-3-4-14(21)11-16(13)26-7-9-27(10-8-26)20-18-15(5-6-17(28)29-2)24-25-19(18)22-12-23-20/h3-6,11-12H,7-10H2,1-2H3,(H,22,23,24,25). The van der Waals surface area contributed by atoms with Crippen molar-refractivity contribution in [2.45, 2.75) is 6.92 Å². The van der Waals surface area contributed by atoms with Crippen molar-refractivity contribution in [1.29, 1.82) is 0 Å². The van der Waals surface area contributed by atoms with E-state index in [-0.39, 0.29) is 0 Å². The van der Waals surface area contributed by atoms with Crippen LogP contribution in [0.2, 0.25) is 5.02 Å². The lowest BCUT2D eigenvalue weighted by Gasteiger charge is -2.37. The number of esters is 1. The number of aromatic amines is 1. The molecule has 0 aliphatic carbocycles. The minimum absolute atomic E-state index is 0.434. The third-order valence-corrected chi connectivity index (χ3v) is 5.27. The monoisotopic (exact) mass is 412 g/mol. The normalized spacial score (nSPS) is 14.7. The summed E-state index contributed by atoms with van der Waals surface area (Å²) in [6, 6.07) is 5.97. The van der Waals surface area contributed by atoms with Gasteiger partial charge in [-0.05, 0) is 30.7 Å². The molecule has 1 N–H and O–H groups in total. The summed E-state index contributed by atoms with van der Waals surface area (Å²) in [5.41, 5.74) is 3.61. The number of ether oxygens (including phenoxy) is 1. The van der Waals surface area contributed by atoms with Gasteiger partial charge in [0.2, 0.25) is 0 Å². The molecular formula is C20H21ClN6O2. The lowest BCUT2D eigenvalue weighted by atomic mass is 10.1. The number of piperazine rings is 1. The molecule has 150 valence electrons. The molecule has 0 unspecified atom stereocenters. The molecule has 3 aromatic rings. The fourth-order valence-electron chi connectivity index (χ4n) is 3.52. The van der Waals surface area contributed by atoms with E-state index in [2.05, 4.69) is 41.6 Å². The molecule has 29 heavy (non-hydrogen) atoms. The highest BCUT2D eigenvalue weighted by atomic mass is 35.5. The molecular weight excluding hydrogens is 392 g/mol. The highest BCUT2D eigenvalue weighted by Gasteiger charge is 2.23. The minimum Gasteiger partial charge on any atom is -0.466 e. The van der Waals surface area contributed by atoms with Crippen molar-refractivity contribution >= 4 is 46.2 Å². The molecule has 1 aromatic carbocycles. The Morgan fingerprint density at radius 1 is 1.21 bits per heavy atom. The van der Waals surface area contributed by atoms with Crippen LogP contribution >= 0.6 is 11.6 Å². The average molecular weight is 413 g/mol. The third kappa shape index (κ3) is 3.88. The molecule has 4 rings (SSSR count). The Labute approximate surface area is 173 Å². The van der Waals surface area contributed by atoms with Crippen molar-refractivity contribution in [2.75, 3.05) is 43.1 Å². The van der Waals surface area contributed by atoms with Gasteiger partial charge < -0.3 is 14.5 Å². The zero-order valence-corrected chi connectivity index (χ0v) is 17.0. The topological polar surface area (TPSA) is 87.2 Å². The maximum absolute atomic E-state index is 11.5. The Morgan fingerprint density at radius 3 is 2.72 bits per heavy atom. The van der Waals surface area contributed by atoms with Crippen molar-refractivity contribution in [3.05, 3.63) is 46.9 Å². The van der Waals surface area contributed by atoms with Crippen molar-refractivity contribution in [1.82, 2.24) is 20.2 Å². The number of anilines is 2. The number of nitrogens with one attached hydrogen (secondary N) is 1. The third-order valence-electron chi connectivity index (χ3n) is 5.04. The molecule has 1 aliphatic rings. The molecule has 0 saturated carbocycles. The van der Waals surface area contributed by atoms with Gasteiger partial charge in [-0.3, -0.25) is 5.10 Å². The van der Waals surface area contributed by atoms with Crippen molar-refractivity contribution in [3.63, 3.8) is 0 Å². The van der Waals surface area contributed by atoms with Crippen LogP contribution in [0.15, 0.2) is 30.6 Å². The largest absolute Gasteiger partial charge is 0.466 e. The molecule has 0 radical (unpaired) electrons. The molecule has 3 heterocycles. The average Bonchev–Trinajstić information content (AvgIpc) is 3.17. The Morgan fingerprint density at radius 2 is 1.97 bits per heavy atom. The van der Waals surface area contributed by atoms with E-state index in [1.165, 1.54) is 25.1 Å². The van der Waals surface area contributed by atoms with Gasteiger partial charge in [0.15, 0.2) is 5.65 Å². The van der Waals surface area contributed by atoms with E-state index in [0.717, 1.165) is 48.1 Å². The van der Waals surface area contributed by atoms with Crippen LogP contribution in [0.3, 0.4) is 0 Å². The summed E-state index contributed by atoms with van der Waals surface area (Å²) >= 11 is 6.19. The van der Waals surface area contributed by atoms with E-state index in [1.807, 2.05) is 18.2 Å². The van der Waals surface area contributed by atoms with Crippen molar-refractivity contribution < 1.29 is 9.53 Å². The van der Waals surface area contributed by atoms with Gasteiger partial charge in [0.05, 0.1) is 18.2 Å². The van der Waals surface area contributed by atoms with Crippen LogP contribution in [0.1, 0.15) is 11.3 Å². The van der Waals surface area contributed by atoms with Gasteiger partial charge >= 0.3 is 5.97 Å². The molecule has 8 nitrogen and oxygen atoms in total. The number of fused-ring (bicyclic) bond motifs is 1. The fraction of sp³-hybridized carbons (Fsp3) is 0.300. The van der Waals surface area contributed by atoms with Gasteiger partial charge in [-0.15, -0.1) is 0 Å². The number of hydrogen-bond acceptors (Lipinski definition) is 7. The predicted octanol–water partition coefficient (Wildman–Crippen LogP) is 2.83. The van der Waals surface area contributed by atoms with Crippen LogP contribution in [0.25, 0.3) is 17.1 Å². The van der Waals surface area contributed by atoms with Crippen LogP contribution in [-0.2, 0) is 9.53 Å². The second-order valence-corrected chi connectivity index (χ2v) is 7.23. The Bertz CT molecular complexity index is 1070. The summed E-state index contributed by atoms with van der Waals surface area (Å²) in [5.74, 6) is 0.368. The molecule has 1 fully saturated rings. The number of halogens is 1. The quantitative estimate of drug-likeness (QED) is 0.520. The smallest absolute Gasteiger partial charge is 0.330 e. The van der Waals surface area contributed by atoms with Crippen LogP contribution in [-0.4, -0.2) is 59.4 Å².